The van der Waals surface area contributed by atoms with Gasteiger partial charge in [-0.3, -0.25) is 0 Å². The van der Waals surface area contributed by atoms with Crippen molar-refractivity contribution in [2.75, 3.05) is 13.7 Å². The molecular weight excluding hydrogens is 488 g/mol. The molecule has 0 radical (unpaired) electrons. The van der Waals surface area contributed by atoms with Crippen LogP contribution in [0.5, 0.6) is 0 Å². The minimum absolute atomic E-state index is 0.0103. The minimum Gasteiger partial charge on any atom is -0.458 e. The van der Waals surface area contributed by atoms with Crippen molar-refractivity contribution >= 4 is 5.97 Å². The van der Waals surface area contributed by atoms with Crippen LogP contribution in [0.1, 0.15) is 78.6 Å². The molecule has 0 amide bonds. The first-order valence-electron chi connectivity index (χ1n) is 14.8. The number of aliphatic hydroxyl groups is 3. The fourth-order valence-electron chi connectivity index (χ4n) is 10.1. The number of ether oxygens (including phenoxy) is 4. The van der Waals surface area contributed by atoms with Gasteiger partial charge >= 0.3 is 5.97 Å². The molecule has 8 nitrogen and oxygen atoms in total. The van der Waals surface area contributed by atoms with Gasteiger partial charge in [-0.1, -0.05) is 13.8 Å². The zero-order valence-electron chi connectivity index (χ0n) is 23.3. The molecule has 214 valence electrons. The number of esters is 1. The first-order valence-corrected chi connectivity index (χ1v) is 14.8. The highest BCUT2D eigenvalue weighted by atomic mass is 16.7. The van der Waals surface area contributed by atoms with E-state index in [0.717, 1.165) is 63.4 Å². The van der Waals surface area contributed by atoms with Crippen molar-refractivity contribution in [3.05, 3.63) is 11.6 Å². The number of hydrogen-bond acceptors (Lipinski definition) is 8. The molecule has 0 aromatic rings. The second kappa shape index (κ2) is 9.52. The number of carbonyl (C=O) groups excluding carboxylic acids is 1. The summed E-state index contributed by atoms with van der Waals surface area (Å²) in [7, 11) is 1.49. The average molecular weight is 535 g/mol. The standard InChI is InChI=1S/C30H46O8/c1-16-24(32)26(35-4)25(33)27(37-16)38-19-7-10-28(2)18(14-19)5-6-22-21(28)8-11-29(3)20(9-12-30(22,29)34)17-13-23(31)36-15-17/h13,16,18-22,24-27,32-34H,5-12,14-15H2,1-4H3/t16?,18-,19+,20-,21+,22-,24+,25?,26+,27+,28+,29-,30+/m1/s1. The molecule has 2 heterocycles. The largest absolute Gasteiger partial charge is 0.458 e. The molecule has 2 aliphatic heterocycles. The maximum Gasteiger partial charge on any atom is 0.331 e. The molecule has 4 aliphatic carbocycles. The van der Waals surface area contributed by atoms with Crippen LogP contribution in [0.4, 0.5) is 0 Å². The van der Waals surface area contributed by atoms with E-state index in [1.54, 1.807) is 13.0 Å². The molecule has 1 saturated heterocycles. The Hall–Kier alpha value is -1.03. The first kappa shape index (κ1) is 27.2. The van der Waals surface area contributed by atoms with Crippen LogP contribution < -0.4 is 0 Å². The van der Waals surface area contributed by atoms with Crippen molar-refractivity contribution in [1.29, 1.82) is 0 Å². The zero-order chi connectivity index (χ0) is 27.0. The van der Waals surface area contributed by atoms with Crippen LogP contribution >= 0.6 is 0 Å². The predicted molar refractivity (Wildman–Crippen MR) is 138 cm³/mol. The van der Waals surface area contributed by atoms with Crippen molar-refractivity contribution in [1.82, 2.24) is 0 Å². The van der Waals surface area contributed by atoms with Gasteiger partial charge in [0.1, 0.15) is 24.9 Å². The molecule has 0 spiro atoms. The van der Waals surface area contributed by atoms with Crippen molar-refractivity contribution < 1.29 is 39.1 Å². The summed E-state index contributed by atoms with van der Waals surface area (Å²) in [4.78, 5) is 11.8. The summed E-state index contributed by atoms with van der Waals surface area (Å²) < 4.78 is 22.8. The predicted octanol–water partition coefficient (Wildman–Crippen LogP) is 3.11. The molecule has 5 fully saturated rings. The maximum atomic E-state index is 12.4. The Morgan fingerprint density at radius 3 is 2.50 bits per heavy atom. The van der Waals surface area contributed by atoms with Crippen molar-refractivity contribution in [2.24, 2.45) is 34.5 Å². The lowest BCUT2D eigenvalue weighted by Crippen LogP contribution is -2.62. The summed E-state index contributed by atoms with van der Waals surface area (Å²) in [6.45, 7) is 6.87. The average Bonchev–Trinajstić information content (AvgIpc) is 3.43. The number of rotatable bonds is 4. The number of carbonyl (C=O) groups is 1. The Morgan fingerprint density at radius 2 is 1.79 bits per heavy atom. The van der Waals surface area contributed by atoms with E-state index in [2.05, 4.69) is 13.8 Å². The fourth-order valence-corrected chi connectivity index (χ4v) is 10.1. The van der Waals surface area contributed by atoms with E-state index in [1.165, 1.54) is 7.11 Å². The topological polar surface area (TPSA) is 115 Å². The second-order valence-electron chi connectivity index (χ2n) is 13.7. The molecule has 0 aromatic carbocycles. The molecule has 38 heavy (non-hydrogen) atoms. The molecule has 6 aliphatic rings. The fraction of sp³-hybridized carbons (Fsp3) is 0.900. The van der Waals surface area contributed by atoms with Gasteiger partial charge < -0.3 is 34.3 Å². The van der Waals surface area contributed by atoms with Crippen LogP contribution in [0.15, 0.2) is 11.6 Å². The van der Waals surface area contributed by atoms with Crippen molar-refractivity contribution in [2.45, 2.75) is 121 Å². The molecular formula is C30H46O8. The third-order valence-electron chi connectivity index (χ3n) is 12.3. The lowest BCUT2D eigenvalue weighted by Gasteiger charge is -2.64. The van der Waals surface area contributed by atoms with Gasteiger partial charge in [0.05, 0.1) is 17.8 Å². The summed E-state index contributed by atoms with van der Waals surface area (Å²) in [6, 6.07) is 0. The summed E-state index contributed by atoms with van der Waals surface area (Å²) in [5.74, 6) is 1.22. The van der Waals surface area contributed by atoms with Crippen LogP contribution in [-0.4, -0.2) is 77.4 Å². The van der Waals surface area contributed by atoms with E-state index in [9.17, 15) is 20.1 Å². The van der Waals surface area contributed by atoms with Crippen LogP contribution in [-0.2, 0) is 23.7 Å². The first-order chi connectivity index (χ1) is 18.0. The lowest BCUT2D eigenvalue weighted by molar-refractivity contribution is -0.313. The van der Waals surface area contributed by atoms with E-state index >= 15 is 0 Å². The number of hydrogen-bond donors (Lipinski definition) is 3. The van der Waals surface area contributed by atoms with Gasteiger partial charge in [-0.15, -0.1) is 0 Å². The van der Waals surface area contributed by atoms with Gasteiger partial charge in [-0.25, -0.2) is 4.79 Å². The molecule has 0 bridgehead atoms. The molecule has 2 unspecified atom stereocenters. The molecule has 8 heteroatoms. The lowest BCUT2D eigenvalue weighted by atomic mass is 9.43. The van der Waals surface area contributed by atoms with Crippen LogP contribution in [0.2, 0.25) is 0 Å². The van der Waals surface area contributed by atoms with E-state index in [1.807, 2.05) is 0 Å². The number of methoxy groups -OCH3 is 1. The molecule has 0 aromatic heterocycles. The Kier molecular flexibility index (Phi) is 6.80. The highest BCUT2D eigenvalue weighted by Gasteiger charge is 2.67. The molecule has 3 N–H and O–H groups in total. The summed E-state index contributed by atoms with van der Waals surface area (Å²) in [6.07, 6.45) is 6.45. The highest BCUT2D eigenvalue weighted by Crippen LogP contribution is 2.70. The molecule has 13 atom stereocenters. The number of fused-ring (bicyclic) bond motifs is 5. The Labute approximate surface area is 226 Å². The minimum atomic E-state index is -1.04. The third kappa shape index (κ3) is 3.88. The Bertz CT molecular complexity index is 968. The number of cyclic esters (lactones) is 1. The van der Waals surface area contributed by atoms with Gasteiger partial charge in [0.15, 0.2) is 6.29 Å². The van der Waals surface area contributed by atoms with E-state index < -0.39 is 36.3 Å². The van der Waals surface area contributed by atoms with Gasteiger partial charge in [-0.05, 0) is 99.4 Å². The van der Waals surface area contributed by atoms with Gasteiger partial charge in [0, 0.05) is 18.6 Å². The number of aliphatic hydroxyl groups excluding tert-OH is 2. The van der Waals surface area contributed by atoms with Crippen molar-refractivity contribution in [3.63, 3.8) is 0 Å². The van der Waals surface area contributed by atoms with E-state index in [0.29, 0.717) is 18.4 Å². The van der Waals surface area contributed by atoms with Gasteiger partial charge in [-0.2, -0.15) is 0 Å². The quantitative estimate of drug-likeness (QED) is 0.372. The second-order valence-corrected chi connectivity index (χ2v) is 13.7. The van der Waals surface area contributed by atoms with Gasteiger partial charge in [0.25, 0.3) is 0 Å². The van der Waals surface area contributed by atoms with Crippen LogP contribution in [0, 0.1) is 34.5 Å². The Balaban J connectivity index is 1.16. The van der Waals surface area contributed by atoms with Crippen LogP contribution in [0.3, 0.4) is 0 Å². The summed E-state index contributed by atoms with van der Waals surface area (Å²) >= 11 is 0. The van der Waals surface area contributed by atoms with E-state index in [4.69, 9.17) is 18.9 Å². The smallest absolute Gasteiger partial charge is 0.331 e. The Morgan fingerprint density at radius 1 is 1.00 bits per heavy atom. The van der Waals surface area contributed by atoms with Gasteiger partial charge in [0.2, 0.25) is 0 Å². The summed E-state index contributed by atoms with van der Waals surface area (Å²) in [5, 5.41) is 33.5. The van der Waals surface area contributed by atoms with E-state index in [-0.39, 0.29) is 34.7 Å². The van der Waals surface area contributed by atoms with Crippen molar-refractivity contribution in [3.8, 4) is 0 Å². The maximum absolute atomic E-state index is 12.4. The third-order valence-corrected chi connectivity index (χ3v) is 12.3. The monoisotopic (exact) mass is 534 g/mol. The summed E-state index contributed by atoms with van der Waals surface area (Å²) in [5.41, 5.74) is 0.300. The SMILES string of the molecule is CO[C@@H]1C(O)[C@H](O[C@H]2CC[C@@]3(C)[C@H](CC[C@@H]4[C@@H]3CC[C@]3(C)[C@@H](C5=CC(=O)OC5)CC[C@]43O)C2)OC(C)[C@@H]1O. The highest BCUT2D eigenvalue weighted by molar-refractivity contribution is 5.85. The van der Waals surface area contributed by atoms with Crippen LogP contribution in [0.25, 0.3) is 0 Å². The molecule has 6 rings (SSSR count). The molecule has 4 saturated carbocycles. The normalized spacial score (nSPS) is 54.5. The zero-order valence-corrected chi connectivity index (χ0v) is 23.3.